The number of rotatable bonds is 3. The lowest BCUT2D eigenvalue weighted by atomic mass is 10.0. The summed E-state index contributed by atoms with van der Waals surface area (Å²) < 4.78 is 0. The van der Waals surface area contributed by atoms with Crippen LogP contribution in [0.5, 0.6) is 5.75 Å². The van der Waals surface area contributed by atoms with Gasteiger partial charge in [0.05, 0.1) is 5.69 Å². The molecular weight excluding hydrogens is 280 g/mol. The van der Waals surface area contributed by atoms with Crippen molar-refractivity contribution in [3.05, 3.63) is 42.5 Å². The first-order valence-corrected chi connectivity index (χ1v) is 6.84. The molecule has 0 radical (unpaired) electrons. The predicted octanol–water partition coefficient (Wildman–Crippen LogP) is 3.00. The molecule has 0 aliphatic heterocycles. The minimum absolute atomic E-state index is 0.0910. The Balaban J connectivity index is 2.64. The van der Waals surface area contributed by atoms with Crippen molar-refractivity contribution in [2.75, 3.05) is 17.3 Å². The molecule has 0 bridgehead atoms. The van der Waals surface area contributed by atoms with Crippen LogP contribution in [0.2, 0.25) is 0 Å². The molecule has 0 fully saturated rings. The molecular formula is C17H18N2O3. The third-order valence-electron chi connectivity index (χ3n) is 3.34. The molecule has 2 amide bonds. The second-order valence-corrected chi connectivity index (χ2v) is 5.01. The van der Waals surface area contributed by atoms with Crippen LogP contribution in [0.1, 0.15) is 13.8 Å². The molecule has 0 aliphatic carbocycles. The number of hydrogen-bond acceptors (Lipinski definition) is 3. The van der Waals surface area contributed by atoms with Crippen LogP contribution in [0.3, 0.4) is 0 Å². The van der Waals surface area contributed by atoms with Crippen LogP contribution >= 0.6 is 0 Å². The van der Waals surface area contributed by atoms with Gasteiger partial charge in [0.1, 0.15) is 5.75 Å². The SMILES string of the molecule is CC(=O)Nc1ccccc1-c1cc(O)ccc1N(C)C(C)=O. The summed E-state index contributed by atoms with van der Waals surface area (Å²) in [5.41, 5.74) is 2.68. The number of nitrogens with one attached hydrogen (secondary N) is 1. The van der Waals surface area contributed by atoms with E-state index in [1.54, 1.807) is 25.2 Å². The zero-order chi connectivity index (χ0) is 16.3. The number of carbonyl (C=O) groups excluding carboxylic acids is 2. The van der Waals surface area contributed by atoms with Gasteiger partial charge in [-0.2, -0.15) is 0 Å². The van der Waals surface area contributed by atoms with Crippen molar-refractivity contribution in [2.24, 2.45) is 0 Å². The third-order valence-corrected chi connectivity index (χ3v) is 3.34. The Hall–Kier alpha value is -2.82. The molecule has 2 aromatic rings. The molecule has 114 valence electrons. The number of nitrogens with zero attached hydrogens (tertiary/aromatic N) is 1. The van der Waals surface area contributed by atoms with Crippen molar-refractivity contribution in [3.63, 3.8) is 0 Å². The van der Waals surface area contributed by atoms with Gasteiger partial charge in [-0.1, -0.05) is 18.2 Å². The average Bonchev–Trinajstić information content (AvgIpc) is 2.46. The highest BCUT2D eigenvalue weighted by Gasteiger charge is 2.16. The number of para-hydroxylation sites is 1. The fraction of sp³-hybridized carbons (Fsp3) is 0.176. The van der Waals surface area contributed by atoms with Crippen LogP contribution in [0.4, 0.5) is 11.4 Å². The molecule has 22 heavy (non-hydrogen) atoms. The average molecular weight is 298 g/mol. The summed E-state index contributed by atoms with van der Waals surface area (Å²) in [7, 11) is 1.67. The lowest BCUT2D eigenvalue weighted by molar-refractivity contribution is -0.116. The summed E-state index contributed by atoms with van der Waals surface area (Å²) in [5, 5.41) is 12.6. The quantitative estimate of drug-likeness (QED) is 0.915. The first-order chi connectivity index (χ1) is 10.4. The van der Waals surface area contributed by atoms with E-state index in [1.807, 2.05) is 18.2 Å². The third kappa shape index (κ3) is 3.25. The van der Waals surface area contributed by atoms with E-state index in [-0.39, 0.29) is 17.6 Å². The van der Waals surface area contributed by atoms with Gasteiger partial charge in [-0.25, -0.2) is 0 Å². The largest absolute Gasteiger partial charge is 0.508 e. The fourth-order valence-electron chi connectivity index (χ4n) is 2.22. The summed E-state index contributed by atoms with van der Waals surface area (Å²) in [6, 6.07) is 12.0. The van der Waals surface area contributed by atoms with E-state index >= 15 is 0 Å². The highest BCUT2D eigenvalue weighted by Crippen LogP contribution is 2.37. The predicted molar refractivity (Wildman–Crippen MR) is 86.9 cm³/mol. The van der Waals surface area contributed by atoms with Gasteiger partial charge in [-0.15, -0.1) is 0 Å². The number of benzene rings is 2. The number of phenolic OH excluding ortho intramolecular Hbond substituents is 1. The Labute approximate surface area is 129 Å². The lowest BCUT2D eigenvalue weighted by Gasteiger charge is -2.21. The molecule has 0 aromatic heterocycles. The van der Waals surface area contributed by atoms with Gasteiger partial charge in [0.15, 0.2) is 0 Å². The minimum Gasteiger partial charge on any atom is -0.508 e. The molecule has 0 aliphatic rings. The zero-order valence-electron chi connectivity index (χ0n) is 12.8. The zero-order valence-corrected chi connectivity index (χ0v) is 12.8. The number of carbonyl (C=O) groups is 2. The molecule has 2 N–H and O–H groups in total. The van der Waals surface area contributed by atoms with E-state index in [4.69, 9.17) is 0 Å². The van der Waals surface area contributed by atoms with Crippen molar-refractivity contribution in [1.82, 2.24) is 0 Å². The summed E-state index contributed by atoms with van der Waals surface area (Å²) in [6.45, 7) is 2.90. The van der Waals surface area contributed by atoms with Crippen LogP contribution < -0.4 is 10.2 Å². The maximum Gasteiger partial charge on any atom is 0.223 e. The second kappa shape index (κ2) is 6.30. The Kier molecular flexibility index (Phi) is 4.46. The van der Waals surface area contributed by atoms with Crippen LogP contribution in [0.25, 0.3) is 11.1 Å². The summed E-state index contributed by atoms with van der Waals surface area (Å²) in [4.78, 5) is 24.5. The van der Waals surface area contributed by atoms with Crippen LogP contribution in [-0.2, 0) is 9.59 Å². The van der Waals surface area contributed by atoms with Gasteiger partial charge in [0, 0.05) is 37.7 Å². The van der Waals surface area contributed by atoms with E-state index in [9.17, 15) is 14.7 Å². The summed E-state index contributed by atoms with van der Waals surface area (Å²) >= 11 is 0. The van der Waals surface area contributed by atoms with Gasteiger partial charge >= 0.3 is 0 Å². The van der Waals surface area contributed by atoms with Crippen LogP contribution in [0.15, 0.2) is 42.5 Å². The maximum atomic E-state index is 11.7. The van der Waals surface area contributed by atoms with E-state index < -0.39 is 0 Å². The molecule has 5 heteroatoms. The van der Waals surface area contributed by atoms with Crippen LogP contribution in [-0.4, -0.2) is 24.0 Å². The van der Waals surface area contributed by atoms with E-state index in [2.05, 4.69) is 5.32 Å². The number of amides is 2. The van der Waals surface area contributed by atoms with Crippen molar-refractivity contribution < 1.29 is 14.7 Å². The molecule has 0 saturated carbocycles. The van der Waals surface area contributed by atoms with E-state index in [0.717, 1.165) is 5.56 Å². The standard InChI is InChI=1S/C17H18N2O3/c1-11(20)18-16-7-5-4-6-14(16)15-10-13(22)8-9-17(15)19(3)12(2)21/h4-10,22H,1-3H3,(H,18,20). The van der Waals surface area contributed by atoms with Gasteiger partial charge in [-0.05, 0) is 24.3 Å². The monoisotopic (exact) mass is 298 g/mol. The second-order valence-electron chi connectivity index (χ2n) is 5.01. The summed E-state index contributed by atoms with van der Waals surface area (Å²) in [6.07, 6.45) is 0. The van der Waals surface area contributed by atoms with E-state index in [0.29, 0.717) is 16.9 Å². The van der Waals surface area contributed by atoms with Crippen molar-refractivity contribution in [3.8, 4) is 16.9 Å². The molecule has 0 spiro atoms. The first kappa shape index (κ1) is 15.6. The normalized spacial score (nSPS) is 10.1. The molecule has 0 heterocycles. The van der Waals surface area contributed by atoms with Gasteiger partial charge in [0.25, 0.3) is 0 Å². The Morgan fingerprint density at radius 1 is 1.05 bits per heavy atom. The fourth-order valence-corrected chi connectivity index (χ4v) is 2.22. The topological polar surface area (TPSA) is 69.6 Å². The molecule has 2 rings (SSSR count). The van der Waals surface area contributed by atoms with Gasteiger partial charge in [0.2, 0.25) is 11.8 Å². The molecule has 0 unspecified atom stereocenters. The Morgan fingerprint density at radius 3 is 2.36 bits per heavy atom. The molecule has 5 nitrogen and oxygen atoms in total. The molecule has 0 saturated heterocycles. The van der Waals surface area contributed by atoms with Crippen molar-refractivity contribution in [2.45, 2.75) is 13.8 Å². The van der Waals surface area contributed by atoms with Crippen molar-refractivity contribution in [1.29, 1.82) is 0 Å². The highest BCUT2D eigenvalue weighted by atomic mass is 16.3. The molecule has 2 aromatic carbocycles. The number of hydrogen-bond donors (Lipinski definition) is 2. The van der Waals surface area contributed by atoms with E-state index in [1.165, 1.54) is 24.8 Å². The Morgan fingerprint density at radius 2 is 1.73 bits per heavy atom. The maximum absolute atomic E-state index is 11.7. The van der Waals surface area contributed by atoms with Gasteiger partial charge in [-0.3, -0.25) is 9.59 Å². The smallest absolute Gasteiger partial charge is 0.223 e. The number of phenols is 1. The number of aromatic hydroxyl groups is 1. The summed E-state index contributed by atoms with van der Waals surface area (Å²) in [5.74, 6) is -0.216. The first-order valence-electron chi connectivity index (χ1n) is 6.84. The highest BCUT2D eigenvalue weighted by molar-refractivity contribution is 6.00. The Bertz CT molecular complexity index is 726. The minimum atomic E-state index is -0.186. The van der Waals surface area contributed by atoms with Gasteiger partial charge < -0.3 is 15.3 Å². The lowest BCUT2D eigenvalue weighted by Crippen LogP contribution is -2.23. The molecule has 0 atom stereocenters. The van der Waals surface area contributed by atoms with Crippen LogP contribution in [0, 0.1) is 0 Å². The number of anilines is 2. The van der Waals surface area contributed by atoms with Crippen molar-refractivity contribution >= 4 is 23.2 Å².